The third-order valence-electron chi connectivity index (χ3n) is 5.32. The van der Waals surface area contributed by atoms with E-state index in [1.54, 1.807) is 11.0 Å². The van der Waals surface area contributed by atoms with E-state index in [1.807, 2.05) is 6.92 Å². The second-order valence-corrected chi connectivity index (χ2v) is 7.44. The molecule has 0 spiro atoms. The van der Waals surface area contributed by atoms with E-state index >= 15 is 0 Å². The fourth-order valence-corrected chi connectivity index (χ4v) is 3.50. The van der Waals surface area contributed by atoms with Crippen molar-refractivity contribution in [1.29, 1.82) is 0 Å². The quantitative estimate of drug-likeness (QED) is 0.671. The maximum absolute atomic E-state index is 12.6. The summed E-state index contributed by atoms with van der Waals surface area (Å²) in [6.45, 7) is 2.83. The molecule has 0 radical (unpaired) electrons. The molecule has 2 aliphatic rings. The minimum atomic E-state index is -0.310. The molecule has 0 atom stereocenters. The second kappa shape index (κ2) is 6.87. The Morgan fingerprint density at radius 3 is 3.00 bits per heavy atom. The van der Waals surface area contributed by atoms with E-state index in [0.717, 1.165) is 29.7 Å². The van der Waals surface area contributed by atoms with Gasteiger partial charge in [0.2, 0.25) is 5.89 Å². The Bertz CT molecular complexity index is 1080. The summed E-state index contributed by atoms with van der Waals surface area (Å²) in [5.74, 6) is 1.36. The van der Waals surface area contributed by atoms with Gasteiger partial charge in [-0.15, -0.1) is 0 Å². The van der Waals surface area contributed by atoms with Crippen molar-refractivity contribution in [3.05, 3.63) is 52.3 Å². The predicted molar refractivity (Wildman–Crippen MR) is 97.9 cm³/mol. The molecule has 2 amide bonds. The standard InChI is InChI=1S/C19H20N6O4/c1-10-5-7-28-16(10)19(27)25-6-4-12-13(9-25)22-23-15(12)18(26)20-8-14-21-17(24-29-14)11-2-3-11/h5,7,11H,2-4,6,8-9H2,1H3,(H,20,26)(H,22,23). The van der Waals surface area contributed by atoms with Gasteiger partial charge < -0.3 is 19.2 Å². The zero-order chi connectivity index (χ0) is 20.0. The summed E-state index contributed by atoms with van der Waals surface area (Å²) < 4.78 is 10.5. The predicted octanol–water partition coefficient (Wildman–Crippen LogP) is 1.70. The molecule has 2 N–H and O–H groups in total. The van der Waals surface area contributed by atoms with Crippen LogP contribution in [0.3, 0.4) is 0 Å². The number of hydrogen-bond acceptors (Lipinski definition) is 7. The van der Waals surface area contributed by atoms with Crippen molar-refractivity contribution < 1.29 is 18.5 Å². The average molecular weight is 396 g/mol. The fraction of sp³-hybridized carbons (Fsp3) is 0.421. The fourth-order valence-electron chi connectivity index (χ4n) is 3.50. The molecule has 5 rings (SSSR count). The molecule has 150 valence electrons. The van der Waals surface area contributed by atoms with Crippen LogP contribution < -0.4 is 5.32 Å². The summed E-state index contributed by atoms with van der Waals surface area (Å²) in [5, 5.41) is 13.8. The Morgan fingerprint density at radius 2 is 2.24 bits per heavy atom. The van der Waals surface area contributed by atoms with Crippen molar-refractivity contribution in [3.63, 3.8) is 0 Å². The smallest absolute Gasteiger partial charge is 0.290 e. The van der Waals surface area contributed by atoms with E-state index in [4.69, 9.17) is 8.94 Å². The van der Waals surface area contributed by atoms with E-state index < -0.39 is 0 Å². The lowest BCUT2D eigenvalue weighted by atomic mass is 10.0. The molecule has 0 unspecified atom stereocenters. The number of aromatic nitrogens is 4. The van der Waals surface area contributed by atoms with Gasteiger partial charge in [-0.25, -0.2) is 0 Å². The molecule has 10 nitrogen and oxygen atoms in total. The first-order valence-electron chi connectivity index (χ1n) is 9.60. The minimum Gasteiger partial charge on any atom is -0.459 e. The van der Waals surface area contributed by atoms with Crippen LogP contribution in [0.25, 0.3) is 0 Å². The third-order valence-corrected chi connectivity index (χ3v) is 5.32. The van der Waals surface area contributed by atoms with Gasteiger partial charge in [-0.1, -0.05) is 5.16 Å². The van der Waals surface area contributed by atoms with Gasteiger partial charge in [-0.05, 0) is 32.3 Å². The number of nitrogens with one attached hydrogen (secondary N) is 2. The van der Waals surface area contributed by atoms with E-state index in [1.165, 1.54) is 6.26 Å². The highest BCUT2D eigenvalue weighted by Gasteiger charge is 2.30. The number of carbonyl (C=O) groups excluding carboxylic acids is 2. The summed E-state index contributed by atoms with van der Waals surface area (Å²) in [4.78, 5) is 31.2. The Kier molecular flexibility index (Phi) is 4.18. The molecule has 0 bridgehead atoms. The molecule has 1 fully saturated rings. The van der Waals surface area contributed by atoms with Crippen LogP contribution in [0.1, 0.15) is 68.3 Å². The largest absolute Gasteiger partial charge is 0.459 e. The molecule has 1 aliphatic heterocycles. The van der Waals surface area contributed by atoms with Gasteiger partial charge in [-0.3, -0.25) is 14.7 Å². The Morgan fingerprint density at radius 1 is 1.38 bits per heavy atom. The number of H-pyrrole nitrogens is 1. The number of amides is 2. The molecule has 10 heteroatoms. The molecular weight excluding hydrogens is 376 g/mol. The number of furan rings is 1. The van der Waals surface area contributed by atoms with Gasteiger partial charge >= 0.3 is 0 Å². The highest BCUT2D eigenvalue weighted by atomic mass is 16.5. The molecule has 0 aromatic carbocycles. The van der Waals surface area contributed by atoms with E-state index in [0.29, 0.717) is 48.6 Å². The van der Waals surface area contributed by atoms with Crippen LogP contribution >= 0.6 is 0 Å². The van der Waals surface area contributed by atoms with Crippen LogP contribution in [0, 0.1) is 6.92 Å². The first kappa shape index (κ1) is 17.7. The zero-order valence-electron chi connectivity index (χ0n) is 15.9. The van der Waals surface area contributed by atoms with Crippen molar-refractivity contribution in [2.45, 2.75) is 45.2 Å². The Hall–Kier alpha value is -3.43. The normalized spacial score (nSPS) is 16.0. The average Bonchev–Trinajstić information content (AvgIpc) is 3.13. The van der Waals surface area contributed by atoms with Crippen molar-refractivity contribution in [1.82, 2.24) is 30.6 Å². The van der Waals surface area contributed by atoms with Crippen molar-refractivity contribution in [2.75, 3.05) is 6.54 Å². The Balaban J connectivity index is 1.24. The summed E-state index contributed by atoms with van der Waals surface area (Å²) in [6.07, 6.45) is 4.22. The number of nitrogens with zero attached hydrogens (tertiary/aromatic N) is 4. The number of hydrogen-bond donors (Lipinski definition) is 2. The van der Waals surface area contributed by atoms with Gasteiger partial charge in [0.15, 0.2) is 17.3 Å². The highest BCUT2D eigenvalue weighted by Crippen LogP contribution is 2.38. The monoisotopic (exact) mass is 396 g/mol. The zero-order valence-corrected chi connectivity index (χ0v) is 15.9. The second-order valence-electron chi connectivity index (χ2n) is 7.44. The van der Waals surface area contributed by atoms with Gasteiger partial charge in [0.1, 0.15) is 0 Å². The Labute approximate surface area is 165 Å². The maximum atomic E-state index is 12.6. The lowest BCUT2D eigenvalue weighted by Gasteiger charge is -2.26. The molecule has 3 aromatic rings. The number of rotatable bonds is 5. The van der Waals surface area contributed by atoms with Crippen LogP contribution in [0.15, 0.2) is 21.3 Å². The number of aromatic amines is 1. The summed E-state index contributed by atoms with van der Waals surface area (Å²) in [7, 11) is 0. The van der Waals surface area contributed by atoms with Gasteiger partial charge in [0, 0.05) is 23.6 Å². The molecule has 4 heterocycles. The first-order chi connectivity index (χ1) is 14.1. The third kappa shape index (κ3) is 3.30. The number of fused-ring (bicyclic) bond motifs is 1. The van der Waals surface area contributed by atoms with Crippen molar-refractivity contribution >= 4 is 11.8 Å². The van der Waals surface area contributed by atoms with Crippen LogP contribution in [0.5, 0.6) is 0 Å². The summed E-state index contributed by atoms with van der Waals surface area (Å²) >= 11 is 0. The van der Waals surface area contributed by atoms with E-state index in [2.05, 4.69) is 25.7 Å². The molecule has 1 aliphatic carbocycles. The molecule has 1 saturated carbocycles. The van der Waals surface area contributed by atoms with E-state index in [-0.39, 0.29) is 18.4 Å². The molecule has 29 heavy (non-hydrogen) atoms. The SMILES string of the molecule is Cc1ccoc1C(=O)N1CCc2c(C(=O)NCc3nc(C4CC4)no3)n[nH]c2C1. The maximum Gasteiger partial charge on any atom is 0.290 e. The van der Waals surface area contributed by atoms with Crippen LogP contribution in [-0.2, 0) is 19.5 Å². The topological polar surface area (TPSA) is 130 Å². The minimum absolute atomic E-state index is 0.155. The molecular formula is C19H20N6O4. The highest BCUT2D eigenvalue weighted by molar-refractivity contribution is 5.95. The summed E-state index contributed by atoms with van der Waals surface area (Å²) in [5.41, 5.74) is 2.72. The van der Waals surface area contributed by atoms with Crippen molar-refractivity contribution in [2.24, 2.45) is 0 Å². The lowest BCUT2D eigenvalue weighted by Crippen LogP contribution is -2.36. The lowest BCUT2D eigenvalue weighted by molar-refractivity contribution is 0.0699. The molecule has 3 aromatic heterocycles. The molecule has 0 saturated heterocycles. The number of aryl methyl sites for hydroxylation is 1. The van der Waals surface area contributed by atoms with Crippen molar-refractivity contribution in [3.8, 4) is 0 Å². The number of carbonyl (C=O) groups is 2. The van der Waals surface area contributed by atoms with Gasteiger partial charge in [0.25, 0.3) is 11.8 Å². The first-order valence-corrected chi connectivity index (χ1v) is 9.60. The van der Waals surface area contributed by atoms with E-state index in [9.17, 15) is 9.59 Å². The van der Waals surface area contributed by atoms with Crippen LogP contribution in [-0.4, -0.2) is 43.6 Å². The van der Waals surface area contributed by atoms with Gasteiger partial charge in [0.05, 0.1) is 25.0 Å². The van der Waals surface area contributed by atoms with Crippen LogP contribution in [0.2, 0.25) is 0 Å². The van der Waals surface area contributed by atoms with Gasteiger partial charge in [-0.2, -0.15) is 10.1 Å². The van der Waals surface area contributed by atoms with Crippen LogP contribution in [0.4, 0.5) is 0 Å². The summed E-state index contributed by atoms with van der Waals surface area (Å²) in [6, 6.07) is 1.76.